The van der Waals surface area contributed by atoms with Gasteiger partial charge in [-0.2, -0.15) is 4.31 Å². The lowest BCUT2D eigenvalue weighted by Gasteiger charge is -2.34. The minimum atomic E-state index is -3.77. The van der Waals surface area contributed by atoms with Crippen LogP contribution >= 0.6 is 0 Å². The number of nitrogens with one attached hydrogen (secondary N) is 1. The van der Waals surface area contributed by atoms with Crippen LogP contribution in [-0.2, 0) is 10.0 Å². The average Bonchev–Trinajstić information content (AvgIpc) is 3.30. The Bertz CT molecular complexity index is 1190. The number of nitrogens with zero attached hydrogens (tertiary/aromatic N) is 4. The van der Waals surface area contributed by atoms with Gasteiger partial charge in [-0.3, -0.25) is 4.79 Å². The van der Waals surface area contributed by atoms with Crippen molar-refractivity contribution in [2.75, 3.05) is 26.2 Å². The van der Waals surface area contributed by atoms with E-state index in [1.165, 1.54) is 34.3 Å². The first kappa shape index (κ1) is 20.4. The molecule has 12 heteroatoms. The number of amides is 1. The topological polar surface area (TPSA) is 112 Å². The molecule has 1 N–H and O–H groups in total. The predicted molar refractivity (Wildman–Crippen MR) is 102 cm³/mol. The van der Waals surface area contributed by atoms with Crippen LogP contribution in [0.2, 0.25) is 0 Å². The van der Waals surface area contributed by atoms with Crippen LogP contribution in [0.25, 0.3) is 11.0 Å². The third kappa shape index (κ3) is 3.45. The summed E-state index contributed by atoms with van der Waals surface area (Å²) in [5, 5.41) is 3.70. The van der Waals surface area contributed by atoms with Crippen LogP contribution in [0.1, 0.15) is 34.1 Å². The summed E-state index contributed by atoms with van der Waals surface area (Å²) >= 11 is 0. The Morgan fingerprint density at radius 3 is 2.50 bits per heavy atom. The smallest absolute Gasteiger partial charge is 0.295 e. The molecule has 0 unspecified atom stereocenters. The number of aryl methyl sites for hydroxylation is 2. The van der Waals surface area contributed by atoms with Crippen molar-refractivity contribution in [3.8, 4) is 0 Å². The summed E-state index contributed by atoms with van der Waals surface area (Å²) in [7, 11) is -3.77. The summed E-state index contributed by atoms with van der Waals surface area (Å²) < 4.78 is 57.7. The van der Waals surface area contributed by atoms with Crippen molar-refractivity contribution in [3.05, 3.63) is 41.0 Å². The van der Waals surface area contributed by atoms with E-state index in [1.54, 1.807) is 6.92 Å². The summed E-state index contributed by atoms with van der Waals surface area (Å²) in [6.07, 6.45) is -2.73. The van der Waals surface area contributed by atoms with Gasteiger partial charge in [0, 0.05) is 31.7 Å². The lowest BCUT2D eigenvalue weighted by atomic mass is 10.1. The van der Waals surface area contributed by atoms with Crippen LogP contribution in [0.5, 0.6) is 0 Å². The molecular formula is C18H19F2N5O4S. The number of carbonyl (C=O) groups is 1. The lowest BCUT2D eigenvalue weighted by molar-refractivity contribution is 0.0698. The molecule has 0 atom stereocenters. The maximum Gasteiger partial charge on any atom is 0.295 e. The first-order valence-electron chi connectivity index (χ1n) is 9.18. The first-order valence-corrected chi connectivity index (χ1v) is 10.6. The van der Waals surface area contributed by atoms with E-state index < -0.39 is 22.3 Å². The van der Waals surface area contributed by atoms with E-state index in [9.17, 15) is 22.0 Å². The minimum Gasteiger partial charge on any atom is -0.360 e. The second kappa shape index (κ2) is 7.43. The highest BCUT2D eigenvalue weighted by Gasteiger charge is 2.34. The largest absolute Gasteiger partial charge is 0.360 e. The molecule has 2 aromatic heterocycles. The van der Waals surface area contributed by atoms with Crippen molar-refractivity contribution in [1.82, 2.24) is 24.3 Å². The maximum atomic E-state index is 12.9. The second-order valence-corrected chi connectivity index (χ2v) is 8.88. The Labute approximate surface area is 170 Å². The molecule has 1 aromatic carbocycles. The molecule has 0 saturated carbocycles. The standard InChI is InChI=1S/C18H19F2N5O4S/c1-10-15(11(2)29-23-10)30(27,28)25-7-5-24(6-8-25)18(26)12-3-4-13-14(9-12)22-17(21-13)16(19)20/h3-4,9,16H,5-8H2,1-2H3,(H,21,22). The third-order valence-electron chi connectivity index (χ3n) is 5.05. The zero-order chi connectivity index (χ0) is 21.6. The van der Waals surface area contributed by atoms with Crippen LogP contribution in [-0.4, -0.2) is 64.8 Å². The van der Waals surface area contributed by atoms with Gasteiger partial charge in [0.15, 0.2) is 11.6 Å². The molecule has 1 fully saturated rings. The summed E-state index contributed by atoms with van der Waals surface area (Å²) in [6.45, 7) is 3.75. The molecule has 0 spiro atoms. The van der Waals surface area contributed by atoms with Gasteiger partial charge in [0.2, 0.25) is 10.0 Å². The fourth-order valence-electron chi connectivity index (χ4n) is 3.55. The number of benzene rings is 1. The Morgan fingerprint density at radius 1 is 1.20 bits per heavy atom. The molecule has 30 heavy (non-hydrogen) atoms. The highest BCUT2D eigenvalue weighted by atomic mass is 32.2. The summed E-state index contributed by atoms with van der Waals surface area (Å²) in [5.41, 5.74) is 1.30. The molecule has 1 saturated heterocycles. The fraction of sp³-hybridized carbons (Fsp3) is 0.389. The van der Waals surface area contributed by atoms with Gasteiger partial charge >= 0.3 is 0 Å². The summed E-state index contributed by atoms with van der Waals surface area (Å²) in [6, 6.07) is 4.50. The van der Waals surface area contributed by atoms with Crippen molar-refractivity contribution in [3.63, 3.8) is 0 Å². The molecule has 3 aromatic rings. The lowest BCUT2D eigenvalue weighted by Crippen LogP contribution is -2.50. The minimum absolute atomic E-state index is 0.0572. The van der Waals surface area contributed by atoms with Gasteiger partial charge in [0.05, 0.1) is 11.0 Å². The Morgan fingerprint density at radius 2 is 1.90 bits per heavy atom. The summed E-state index contributed by atoms with van der Waals surface area (Å²) in [4.78, 5) is 20.7. The molecule has 1 aliphatic heterocycles. The van der Waals surface area contributed by atoms with Crippen molar-refractivity contribution >= 4 is 27.0 Å². The van der Waals surface area contributed by atoms with E-state index in [2.05, 4.69) is 15.1 Å². The number of carbonyl (C=O) groups excluding carboxylic acids is 1. The molecule has 0 bridgehead atoms. The highest BCUT2D eigenvalue weighted by Crippen LogP contribution is 2.25. The maximum absolute atomic E-state index is 12.9. The molecule has 9 nitrogen and oxygen atoms in total. The van der Waals surface area contributed by atoms with E-state index in [1.807, 2.05) is 0 Å². The van der Waals surface area contributed by atoms with E-state index in [0.29, 0.717) is 22.3 Å². The SMILES string of the molecule is Cc1noc(C)c1S(=O)(=O)N1CCN(C(=O)c2ccc3nc(C(F)F)[nH]c3c2)CC1. The summed E-state index contributed by atoms with van der Waals surface area (Å²) in [5.74, 6) is -0.533. The molecule has 4 rings (SSSR count). The van der Waals surface area contributed by atoms with Crippen molar-refractivity contribution in [1.29, 1.82) is 0 Å². The van der Waals surface area contributed by atoms with Gasteiger partial charge in [0.1, 0.15) is 10.6 Å². The highest BCUT2D eigenvalue weighted by molar-refractivity contribution is 7.89. The Hall–Kier alpha value is -2.86. The number of hydrogen-bond acceptors (Lipinski definition) is 6. The van der Waals surface area contributed by atoms with Gasteiger partial charge < -0.3 is 14.4 Å². The van der Waals surface area contributed by atoms with Crippen molar-refractivity contribution in [2.45, 2.75) is 25.2 Å². The van der Waals surface area contributed by atoms with E-state index >= 15 is 0 Å². The van der Waals surface area contributed by atoms with Gasteiger partial charge in [0.25, 0.3) is 12.3 Å². The van der Waals surface area contributed by atoms with Gasteiger partial charge in [-0.1, -0.05) is 5.16 Å². The monoisotopic (exact) mass is 439 g/mol. The predicted octanol–water partition coefficient (Wildman–Crippen LogP) is 2.25. The van der Waals surface area contributed by atoms with Crippen LogP contribution < -0.4 is 0 Å². The number of fused-ring (bicyclic) bond motifs is 1. The third-order valence-corrected chi connectivity index (χ3v) is 7.19. The quantitative estimate of drug-likeness (QED) is 0.667. The normalized spacial score (nSPS) is 16.0. The van der Waals surface area contributed by atoms with Gasteiger partial charge in [-0.15, -0.1) is 0 Å². The number of rotatable bonds is 4. The zero-order valence-corrected chi connectivity index (χ0v) is 17.0. The molecule has 1 amide bonds. The first-order chi connectivity index (χ1) is 14.2. The average molecular weight is 439 g/mol. The number of piperazine rings is 1. The molecule has 160 valence electrons. The van der Waals surface area contributed by atoms with E-state index in [0.717, 1.165) is 0 Å². The number of hydrogen-bond donors (Lipinski definition) is 1. The van der Waals surface area contributed by atoms with Crippen molar-refractivity contribution in [2.24, 2.45) is 0 Å². The number of alkyl halides is 2. The second-order valence-electron chi connectivity index (χ2n) is 7.00. The number of halogens is 2. The molecular weight excluding hydrogens is 420 g/mol. The van der Waals surface area contributed by atoms with E-state index in [-0.39, 0.29) is 42.7 Å². The number of aromatic nitrogens is 3. The number of sulfonamides is 1. The molecule has 3 heterocycles. The fourth-order valence-corrected chi connectivity index (χ4v) is 5.27. The van der Waals surface area contributed by atoms with Gasteiger partial charge in [-0.25, -0.2) is 22.2 Å². The van der Waals surface area contributed by atoms with Crippen LogP contribution in [0, 0.1) is 13.8 Å². The van der Waals surface area contributed by atoms with Crippen LogP contribution in [0.15, 0.2) is 27.6 Å². The number of H-pyrrole nitrogens is 1. The molecule has 0 aliphatic carbocycles. The zero-order valence-electron chi connectivity index (χ0n) is 16.2. The Kier molecular flexibility index (Phi) is 5.06. The van der Waals surface area contributed by atoms with Crippen molar-refractivity contribution < 1.29 is 26.5 Å². The molecule has 0 radical (unpaired) electrons. The van der Waals surface area contributed by atoms with E-state index in [4.69, 9.17) is 4.52 Å². The number of aromatic amines is 1. The van der Waals surface area contributed by atoms with Crippen LogP contribution in [0.3, 0.4) is 0 Å². The number of imidazole rings is 1. The Balaban J connectivity index is 1.49. The van der Waals surface area contributed by atoms with Crippen LogP contribution in [0.4, 0.5) is 8.78 Å². The molecule has 1 aliphatic rings. The van der Waals surface area contributed by atoms with Gasteiger partial charge in [-0.05, 0) is 32.0 Å².